The summed E-state index contributed by atoms with van der Waals surface area (Å²) in [5.74, 6) is -0.191. The van der Waals surface area contributed by atoms with Crippen molar-refractivity contribution in [3.8, 4) is 0 Å². The van der Waals surface area contributed by atoms with Crippen LogP contribution < -0.4 is 5.32 Å². The molecule has 2 fully saturated rings. The average molecular weight is 309 g/mol. The Kier molecular flexibility index (Phi) is 4.26. The van der Waals surface area contributed by atoms with Gasteiger partial charge in [-0.1, -0.05) is 0 Å². The molecule has 3 rings (SSSR count). The highest BCUT2D eigenvalue weighted by atomic mass is 19.1. The van der Waals surface area contributed by atoms with Crippen LogP contribution in [0.15, 0.2) is 18.3 Å². The predicted octanol–water partition coefficient (Wildman–Crippen LogP) is 0.775. The van der Waals surface area contributed by atoms with Gasteiger partial charge >= 0.3 is 0 Å². The molecule has 0 radical (unpaired) electrons. The Labute approximate surface area is 128 Å². The number of anilines is 1. The van der Waals surface area contributed by atoms with Gasteiger partial charge in [0.05, 0.1) is 24.9 Å². The first-order valence-corrected chi connectivity index (χ1v) is 7.51. The van der Waals surface area contributed by atoms with Crippen LogP contribution in [-0.4, -0.2) is 58.8 Å². The van der Waals surface area contributed by atoms with E-state index in [1.807, 2.05) is 0 Å². The fourth-order valence-corrected chi connectivity index (χ4v) is 3.22. The highest BCUT2D eigenvalue weighted by Crippen LogP contribution is 2.36. The molecule has 2 atom stereocenters. The van der Waals surface area contributed by atoms with Gasteiger partial charge in [0.1, 0.15) is 0 Å². The Balaban J connectivity index is 1.59. The van der Waals surface area contributed by atoms with Gasteiger partial charge in [-0.25, -0.2) is 9.37 Å². The Bertz CT molecular complexity index is 557. The largest absolute Gasteiger partial charge is 0.396 e. The minimum Gasteiger partial charge on any atom is -0.396 e. The number of halogens is 1. The molecule has 3 heterocycles. The Morgan fingerprint density at radius 1 is 1.64 bits per heavy atom. The van der Waals surface area contributed by atoms with Crippen LogP contribution in [0.2, 0.25) is 0 Å². The van der Waals surface area contributed by atoms with Crippen molar-refractivity contribution >= 4 is 11.7 Å². The van der Waals surface area contributed by atoms with Gasteiger partial charge in [-0.15, -0.1) is 0 Å². The standard InChI is InChI=1S/C15H20FN3O3/c16-12-2-1-5-17-14(12)18-11-8-15(22-9-11)4-6-19(10-15)13(21)3-7-20/h1-2,5,11,20H,3-4,6-10H2,(H,17,18). The van der Waals surface area contributed by atoms with Gasteiger partial charge in [-0.05, 0) is 18.6 Å². The minimum absolute atomic E-state index is 0.0164. The van der Waals surface area contributed by atoms with Crippen molar-refractivity contribution < 1.29 is 19.0 Å². The summed E-state index contributed by atoms with van der Waals surface area (Å²) in [5, 5.41) is 11.9. The van der Waals surface area contributed by atoms with Crippen molar-refractivity contribution in [3.63, 3.8) is 0 Å². The molecule has 2 aliphatic heterocycles. The molecule has 2 aliphatic rings. The van der Waals surface area contributed by atoms with E-state index in [1.165, 1.54) is 6.07 Å². The number of aliphatic hydroxyl groups is 1. The number of likely N-dealkylation sites (tertiary alicyclic amines) is 1. The number of aliphatic hydroxyl groups excluding tert-OH is 1. The number of pyridine rings is 1. The first kappa shape index (κ1) is 15.2. The van der Waals surface area contributed by atoms with E-state index in [0.29, 0.717) is 26.1 Å². The number of ether oxygens (including phenoxy) is 1. The fraction of sp³-hybridized carbons (Fsp3) is 0.600. The number of aromatic nitrogens is 1. The van der Waals surface area contributed by atoms with Crippen LogP contribution >= 0.6 is 0 Å². The molecule has 0 aliphatic carbocycles. The molecule has 0 bridgehead atoms. The van der Waals surface area contributed by atoms with Gasteiger partial charge in [-0.2, -0.15) is 0 Å². The third-order valence-electron chi connectivity index (χ3n) is 4.30. The molecule has 2 N–H and O–H groups in total. The van der Waals surface area contributed by atoms with Gasteiger partial charge in [-0.3, -0.25) is 4.79 Å². The van der Waals surface area contributed by atoms with Crippen LogP contribution in [-0.2, 0) is 9.53 Å². The summed E-state index contributed by atoms with van der Waals surface area (Å²) in [6.45, 7) is 1.52. The van der Waals surface area contributed by atoms with Gasteiger partial charge in [0, 0.05) is 32.1 Å². The number of amides is 1. The molecule has 1 amide bonds. The van der Waals surface area contributed by atoms with Gasteiger partial charge in [0.25, 0.3) is 0 Å². The van der Waals surface area contributed by atoms with Crippen LogP contribution in [0.25, 0.3) is 0 Å². The molecule has 0 aromatic carbocycles. The van der Waals surface area contributed by atoms with Crippen molar-refractivity contribution in [2.75, 3.05) is 31.6 Å². The van der Waals surface area contributed by atoms with E-state index in [4.69, 9.17) is 9.84 Å². The van der Waals surface area contributed by atoms with E-state index < -0.39 is 0 Å². The first-order valence-electron chi connectivity index (χ1n) is 7.51. The maximum Gasteiger partial charge on any atom is 0.224 e. The van der Waals surface area contributed by atoms with Gasteiger partial charge in [0.2, 0.25) is 5.91 Å². The second-order valence-electron chi connectivity index (χ2n) is 5.91. The summed E-state index contributed by atoms with van der Waals surface area (Å²) in [4.78, 5) is 17.6. The zero-order chi connectivity index (χ0) is 15.6. The topological polar surface area (TPSA) is 74.7 Å². The van der Waals surface area contributed by atoms with Crippen LogP contribution in [0.3, 0.4) is 0 Å². The van der Waals surface area contributed by atoms with Crippen LogP contribution in [0.1, 0.15) is 19.3 Å². The van der Waals surface area contributed by atoms with E-state index in [1.54, 1.807) is 17.2 Å². The lowest BCUT2D eigenvalue weighted by Gasteiger charge is -2.23. The molecule has 0 saturated carbocycles. The monoisotopic (exact) mass is 309 g/mol. The third-order valence-corrected chi connectivity index (χ3v) is 4.30. The number of rotatable bonds is 4. The van der Waals surface area contributed by atoms with Crippen LogP contribution in [0, 0.1) is 5.82 Å². The molecule has 1 aromatic rings. The predicted molar refractivity (Wildman–Crippen MR) is 77.8 cm³/mol. The van der Waals surface area contributed by atoms with Crippen molar-refractivity contribution in [2.45, 2.75) is 30.9 Å². The Morgan fingerprint density at radius 2 is 2.50 bits per heavy atom. The number of hydrogen-bond acceptors (Lipinski definition) is 5. The zero-order valence-electron chi connectivity index (χ0n) is 12.3. The normalized spacial score (nSPS) is 27.5. The van der Waals surface area contributed by atoms with Crippen molar-refractivity contribution in [1.82, 2.24) is 9.88 Å². The van der Waals surface area contributed by atoms with E-state index in [-0.39, 0.29) is 42.2 Å². The quantitative estimate of drug-likeness (QED) is 0.859. The lowest BCUT2D eigenvalue weighted by Crippen LogP contribution is -2.36. The molecule has 1 spiro atoms. The van der Waals surface area contributed by atoms with E-state index in [0.717, 1.165) is 6.42 Å². The van der Waals surface area contributed by atoms with E-state index >= 15 is 0 Å². The molecular formula is C15H20FN3O3. The highest BCUT2D eigenvalue weighted by molar-refractivity contribution is 5.76. The molecule has 7 heteroatoms. The van der Waals surface area contributed by atoms with E-state index in [9.17, 15) is 9.18 Å². The lowest BCUT2D eigenvalue weighted by atomic mass is 9.97. The van der Waals surface area contributed by atoms with Crippen LogP contribution in [0.5, 0.6) is 0 Å². The number of nitrogens with one attached hydrogen (secondary N) is 1. The third kappa shape index (κ3) is 3.05. The molecule has 2 saturated heterocycles. The van der Waals surface area contributed by atoms with Crippen molar-refractivity contribution in [2.24, 2.45) is 0 Å². The number of hydrogen-bond donors (Lipinski definition) is 2. The highest BCUT2D eigenvalue weighted by Gasteiger charge is 2.46. The Hall–Kier alpha value is -1.73. The SMILES string of the molecule is O=C(CCO)N1CCC2(CC(Nc3ncccc3F)CO2)C1. The molecule has 6 nitrogen and oxygen atoms in total. The van der Waals surface area contributed by atoms with Crippen molar-refractivity contribution in [1.29, 1.82) is 0 Å². The minimum atomic E-state index is -0.380. The second-order valence-corrected chi connectivity index (χ2v) is 5.91. The summed E-state index contributed by atoms with van der Waals surface area (Å²) in [6.07, 6.45) is 3.18. The summed E-state index contributed by atoms with van der Waals surface area (Å²) >= 11 is 0. The summed E-state index contributed by atoms with van der Waals surface area (Å²) in [5.41, 5.74) is -0.353. The molecule has 120 valence electrons. The van der Waals surface area contributed by atoms with Gasteiger partial charge in [0.15, 0.2) is 11.6 Å². The van der Waals surface area contributed by atoms with Crippen LogP contribution in [0.4, 0.5) is 10.2 Å². The maximum absolute atomic E-state index is 13.6. The maximum atomic E-state index is 13.6. The first-order chi connectivity index (χ1) is 10.6. The van der Waals surface area contributed by atoms with Gasteiger partial charge < -0.3 is 20.1 Å². The Morgan fingerprint density at radius 3 is 3.27 bits per heavy atom. The smallest absolute Gasteiger partial charge is 0.224 e. The summed E-state index contributed by atoms with van der Waals surface area (Å²) < 4.78 is 19.5. The molecular weight excluding hydrogens is 289 g/mol. The average Bonchev–Trinajstić information content (AvgIpc) is 3.10. The lowest BCUT2D eigenvalue weighted by molar-refractivity contribution is -0.131. The molecule has 22 heavy (non-hydrogen) atoms. The zero-order valence-corrected chi connectivity index (χ0v) is 12.3. The summed E-state index contributed by atoms with van der Waals surface area (Å²) in [6, 6.07) is 2.90. The number of carbonyl (C=O) groups excluding carboxylic acids is 1. The van der Waals surface area contributed by atoms with E-state index in [2.05, 4.69) is 10.3 Å². The second kappa shape index (κ2) is 6.18. The summed E-state index contributed by atoms with van der Waals surface area (Å²) in [7, 11) is 0. The van der Waals surface area contributed by atoms with Crippen molar-refractivity contribution in [3.05, 3.63) is 24.1 Å². The molecule has 1 aromatic heterocycles. The fourth-order valence-electron chi connectivity index (χ4n) is 3.22. The molecule has 2 unspecified atom stereocenters. The number of nitrogens with zero attached hydrogens (tertiary/aromatic N) is 2. The number of carbonyl (C=O) groups is 1.